The van der Waals surface area contributed by atoms with Gasteiger partial charge in [0, 0.05) is 43.3 Å². The first-order chi connectivity index (χ1) is 18.4. The van der Waals surface area contributed by atoms with Crippen LogP contribution in [0, 0.1) is 12.7 Å². The summed E-state index contributed by atoms with van der Waals surface area (Å²) in [5.41, 5.74) is 3.16. The highest BCUT2D eigenvalue weighted by Gasteiger charge is 2.46. The Balaban J connectivity index is 1.61. The lowest BCUT2D eigenvalue weighted by Crippen LogP contribution is -2.40. The molecule has 0 N–H and O–H groups in total. The van der Waals surface area contributed by atoms with E-state index in [0.29, 0.717) is 17.8 Å². The lowest BCUT2D eigenvalue weighted by molar-refractivity contribution is -0.199. The molecule has 0 aliphatic carbocycles. The largest absolute Gasteiger partial charge is 0.493 e. The van der Waals surface area contributed by atoms with Crippen molar-refractivity contribution in [1.29, 1.82) is 0 Å². The Kier molecular flexibility index (Phi) is 8.47. The Labute approximate surface area is 227 Å². The molecule has 8 nitrogen and oxygen atoms in total. The maximum atomic E-state index is 15.4. The minimum absolute atomic E-state index is 0.0403. The first-order valence-electron chi connectivity index (χ1n) is 12.0. The third-order valence-electron chi connectivity index (χ3n) is 6.34. The number of sulfonamides is 1. The average molecular weight is 587 g/mol. The predicted molar refractivity (Wildman–Crippen MR) is 138 cm³/mol. The number of aryl methyl sites for hydroxylation is 1. The molecule has 1 saturated heterocycles. The number of nitrogens with zero attached hydrogens (tertiary/aromatic N) is 4. The van der Waals surface area contributed by atoms with Crippen LogP contribution >= 0.6 is 11.3 Å². The van der Waals surface area contributed by atoms with Crippen molar-refractivity contribution in [1.82, 2.24) is 9.88 Å². The quantitative estimate of drug-likeness (QED) is 0.260. The Morgan fingerprint density at radius 2 is 1.95 bits per heavy atom. The number of carbonyl (C=O) groups excluding carboxylic acids is 1. The van der Waals surface area contributed by atoms with Crippen LogP contribution in [0.15, 0.2) is 58.3 Å². The molecule has 4 rings (SSSR count). The molecule has 1 aliphatic heterocycles. The molecule has 1 fully saturated rings. The van der Waals surface area contributed by atoms with E-state index in [-0.39, 0.29) is 10.5 Å². The van der Waals surface area contributed by atoms with Crippen molar-refractivity contribution in [3.63, 3.8) is 0 Å². The van der Waals surface area contributed by atoms with Gasteiger partial charge in [-0.3, -0.25) is 4.90 Å². The smallest absolute Gasteiger partial charge is 0.367 e. The van der Waals surface area contributed by atoms with Crippen molar-refractivity contribution in [2.45, 2.75) is 43.9 Å². The van der Waals surface area contributed by atoms with Gasteiger partial charge in [0.25, 0.3) is 10.0 Å². The minimum atomic E-state index is -5.49. The van der Waals surface area contributed by atoms with Crippen LogP contribution in [0.4, 0.5) is 29.1 Å². The van der Waals surface area contributed by atoms with Crippen LogP contribution in [0.3, 0.4) is 0 Å². The monoisotopic (exact) mass is 586 g/mol. The summed E-state index contributed by atoms with van der Waals surface area (Å²) >= 11 is 0.851. The van der Waals surface area contributed by atoms with E-state index in [1.807, 2.05) is 42.2 Å². The second kappa shape index (κ2) is 11.5. The molecule has 3 aromatic rings. The standard InChI is InChI=1S/C25H26F4N4O4S2/c1-3-32(19-9-10-31(14-19)13-18-7-5-4-6-8-18)21-12-20(26)22(11-17(21)2)39(35,36)33(23-15-38-16-30-23)37-24(34)25(27,28)29/h4-8,11-12,15-16,19H,3,9-10,13-14H2,1-2H3/t19-/m0/s1. The molecule has 0 spiro atoms. The lowest BCUT2D eigenvalue weighted by atomic mass is 10.1. The minimum Gasteiger partial charge on any atom is -0.367 e. The van der Waals surface area contributed by atoms with Crippen molar-refractivity contribution in [2.75, 3.05) is 29.0 Å². The van der Waals surface area contributed by atoms with Crippen molar-refractivity contribution in [3.8, 4) is 0 Å². The zero-order chi connectivity index (χ0) is 28.4. The number of hydrogen-bond acceptors (Lipinski definition) is 8. The van der Waals surface area contributed by atoms with Gasteiger partial charge in [0.2, 0.25) is 0 Å². The molecule has 1 aromatic heterocycles. The number of halogens is 4. The summed E-state index contributed by atoms with van der Waals surface area (Å²) in [6.07, 6.45) is -4.67. The van der Waals surface area contributed by atoms with E-state index in [1.54, 1.807) is 6.92 Å². The van der Waals surface area contributed by atoms with E-state index in [4.69, 9.17) is 0 Å². The zero-order valence-electron chi connectivity index (χ0n) is 21.1. The van der Waals surface area contributed by atoms with Gasteiger partial charge in [0.05, 0.1) is 5.51 Å². The van der Waals surface area contributed by atoms with Gasteiger partial charge in [-0.2, -0.15) is 21.6 Å². The summed E-state index contributed by atoms with van der Waals surface area (Å²) in [5, 5.41) is 1.06. The van der Waals surface area contributed by atoms with Crippen molar-refractivity contribution < 1.29 is 35.6 Å². The SMILES string of the molecule is CCN(c1cc(F)c(S(=O)(=O)N(OC(=O)C(F)(F)F)c2cscn2)cc1C)[C@H]1CCN(Cc2ccccc2)C1. The van der Waals surface area contributed by atoms with E-state index in [1.165, 1.54) is 5.56 Å². The number of carbonyl (C=O) groups is 1. The lowest BCUT2D eigenvalue weighted by Gasteiger charge is -2.32. The molecule has 1 atom stereocenters. The molecule has 2 aromatic carbocycles. The fraction of sp³-hybridized carbons (Fsp3) is 0.360. The number of benzene rings is 2. The molecule has 1 aliphatic rings. The van der Waals surface area contributed by atoms with Crippen LogP contribution in [0.25, 0.3) is 0 Å². The maximum absolute atomic E-state index is 15.4. The summed E-state index contributed by atoms with van der Waals surface area (Å²) in [7, 11) is -5.11. The Bertz CT molecular complexity index is 1400. The first-order valence-corrected chi connectivity index (χ1v) is 14.4. The van der Waals surface area contributed by atoms with Gasteiger partial charge < -0.3 is 9.74 Å². The van der Waals surface area contributed by atoms with Crippen LogP contribution in [-0.2, 0) is 26.2 Å². The number of likely N-dealkylation sites (tertiary alicyclic amines) is 1. The summed E-state index contributed by atoms with van der Waals surface area (Å²) < 4.78 is 80.3. The number of thiazole rings is 1. The molecule has 0 bridgehead atoms. The molecule has 0 saturated carbocycles. The van der Waals surface area contributed by atoms with Crippen LogP contribution in [0.2, 0.25) is 0 Å². The van der Waals surface area contributed by atoms with Gasteiger partial charge in [0.15, 0.2) is 5.82 Å². The number of anilines is 2. The van der Waals surface area contributed by atoms with Crippen molar-refractivity contribution >= 4 is 38.8 Å². The molecule has 0 unspecified atom stereocenters. The summed E-state index contributed by atoms with van der Waals surface area (Å²) in [6, 6.07) is 12.1. The van der Waals surface area contributed by atoms with Crippen molar-refractivity contribution in [3.05, 3.63) is 70.3 Å². The number of hydrogen-bond donors (Lipinski definition) is 0. The first kappa shape index (κ1) is 28.8. The summed E-state index contributed by atoms with van der Waals surface area (Å²) in [5.74, 6) is -4.60. The average Bonchev–Trinajstić information content (AvgIpc) is 3.57. The Hall–Kier alpha value is -3.23. The number of alkyl halides is 3. The summed E-state index contributed by atoms with van der Waals surface area (Å²) in [6.45, 7) is 6.32. The van der Waals surface area contributed by atoms with Gasteiger partial charge in [-0.1, -0.05) is 34.8 Å². The van der Waals surface area contributed by atoms with Gasteiger partial charge in [-0.05, 0) is 43.5 Å². The highest BCUT2D eigenvalue weighted by atomic mass is 32.2. The van der Waals surface area contributed by atoms with Crippen molar-refractivity contribution in [2.24, 2.45) is 0 Å². The summed E-state index contributed by atoms with van der Waals surface area (Å²) in [4.78, 5) is 22.6. The van der Waals surface area contributed by atoms with Gasteiger partial charge in [-0.15, -0.1) is 11.3 Å². The topological polar surface area (TPSA) is 83.1 Å². The molecule has 0 amide bonds. The molecular weight excluding hydrogens is 560 g/mol. The van der Waals surface area contributed by atoms with Gasteiger partial charge in [0.1, 0.15) is 10.7 Å². The molecule has 210 valence electrons. The Morgan fingerprint density at radius 3 is 2.56 bits per heavy atom. The fourth-order valence-electron chi connectivity index (χ4n) is 4.56. The van der Waals surface area contributed by atoms with E-state index < -0.39 is 38.7 Å². The number of likely N-dealkylation sites (N-methyl/N-ethyl adjacent to an activating group) is 1. The molecule has 14 heteroatoms. The Morgan fingerprint density at radius 1 is 1.23 bits per heavy atom. The number of aromatic nitrogens is 1. The van der Waals surface area contributed by atoms with E-state index in [0.717, 1.165) is 60.4 Å². The van der Waals surface area contributed by atoms with E-state index in [9.17, 15) is 26.4 Å². The molecular formula is C25H26F4N4O4S2. The van der Waals surface area contributed by atoms with Gasteiger partial charge >= 0.3 is 12.1 Å². The number of rotatable bonds is 9. The fourth-order valence-corrected chi connectivity index (χ4v) is 6.46. The van der Waals surface area contributed by atoms with Crippen LogP contribution < -0.4 is 9.37 Å². The third-order valence-corrected chi connectivity index (χ3v) is 8.48. The van der Waals surface area contributed by atoms with Crippen LogP contribution in [0.1, 0.15) is 24.5 Å². The van der Waals surface area contributed by atoms with E-state index >= 15 is 4.39 Å². The molecule has 2 heterocycles. The maximum Gasteiger partial charge on any atom is 0.493 e. The highest BCUT2D eigenvalue weighted by Crippen LogP contribution is 2.33. The highest BCUT2D eigenvalue weighted by molar-refractivity contribution is 7.92. The third kappa shape index (κ3) is 6.34. The van der Waals surface area contributed by atoms with Crippen LogP contribution in [-0.4, -0.2) is 56.1 Å². The second-order valence-corrected chi connectivity index (χ2v) is 11.4. The molecule has 39 heavy (non-hydrogen) atoms. The van der Waals surface area contributed by atoms with Gasteiger partial charge in [-0.25, -0.2) is 14.2 Å². The van der Waals surface area contributed by atoms with E-state index in [2.05, 4.69) is 14.7 Å². The normalized spacial score (nSPS) is 16.3. The second-order valence-electron chi connectivity index (χ2n) is 8.97. The predicted octanol–water partition coefficient (Wildman–Crippen LogP) is 4.91. The molecule has 0 radical (unpaired) electrons. The van der Waals surface area contributed by atoms with Crippen LogP contribution in [0.5, 0.6) is 0 Å². The zero-order valence-corrected chi connectivity index (χ0v) is 22.7.